The summed E-state index contributed by atoms with van der Waals surface area (Å²) in [5.41, 5.74) is 2.97. The average Bonchev–Trinajstić information content (AvgIpc) is 3.42. The van der Waals surface area contributed by atoms with Gasteiger partial charge >= 0.3 is 0 Å². The molecule has 35 heavy (non-hydrogen) atoms. The molecule has 0 aliphatic carbocycles. The van der Waals surface area contributed by atoms with Gasteiger partial charge in [0.05, 0.1) is 25.6 Å². The first-order valence-electron chi connectivity index (χ1n) is 11.1. The Morgan fingerprint density at radius 1 is 1.20 bits per heavy atom. The third kappa shape index (κ3) is 5.48. The van der Waals surface area contributed by atoms with Gasteiger partial charge in [-0.2, -0.15) is 5.10 Å². The van der Waals surface area contributed by atoms with Crippen LogP contribution in [0.25, 0.3) is 0 Å². The largest absolute Gasteiger partial charge is 0.493 e. The van der Waals surface area contributed by atoms with Crippen molar-refractivity contribution in [2.24, 2.45) is 11.0 Å². The fourth-order valence-electron chi connectivity index (χ4n) is 3.83. The van der Waals surface area contributed by atoms with Crippen molar-refractivity contribution in [2.75, 3.05) is 19.3 Å². The zero-order valence-corrected chi connectivity index (χ0v) is 19.4. The molecule has 0 saturated carbocycles. The van der Waals surface area contributed by atoms with Gasteiger partial charge in [-0.1, -0.05) is 24.2 Å². The molecule has 3 aromatic rings. The number of ether oxygens (including phenoxy) is 2. The van der Waals surface area contributed by atoms with Crippen molar-refractivity contribution in [1.82, 2.24) is 10.2 Å². The molecule has 2 heterocycles. The number of hydrogen-bond donors (Lipinski definition) is 1. The number of amides is 2. The Bertz CT molecular complexity index is 1210. The first-order valence-corrected chi connectivity index (χ1v) is 11.1. The number of carbonyl (C=O) groups is 2. The lowest BCUT2D eigenvalue weighted by Gasteiger charge is -2.29. The molecule has 2 aromatic carbocycles. The second-order valence-corrected chi connectivity index (χ2v) is 7.89. The molecule has 1 unspecified atom stereocenters. The van der Waals surface area contributed by atoms with Gasteiger partial charge in [0.15, 0.2) is 11.5 Å². The fraction of sp³-hybridized carbons (Fsp3) is 0.280. The number of methoxy groups -OCH3 is 1. The molecule has 1 aromatic heterocycles. The summed E-state index contributed by atoms with van der Waals surface area (Å²) >= 11 is 0. The van der Waals surface area contributed by atoms with E-state index in [0.29, 0.717) is 23.6 Å². The number of nitrogens with zero attached hydrogens (tertiary/aromatic N) is 3. The minimum Gasteiger partial charge on any atom is -0.493 e. The topological polar surface area (TPSA) is 106 Å². The van der Waals surface area contributed by atoms with Crippen LogP contribution in [0, 0.1) is 5.92 Å². The quantitative estimate of drug-likeness (QED) is 0.487. The highest BCUT2D eigenvalue weighted by Crippen LogP contribution is 2.32. The molecule has 1 atom stereocenters. The van der Waals surface area contributed by atoms with Crippen molar-refractivity contribution in [1.29, 1.82) is 0 Å². The van der Waals surface area contributed by atoms with E-state index in [2.05, 4.69) is 15.6 Å². The van der Waals surface area contributed by atoms with Crippen LogP contribution in [0.5, 0.6) is 11.5 Å². The van der Waals surface area contributed by atoms with E-state index in [9.17, 15) is 14.0 Å². The number of nitrogens with one attached hydrogen (secondary N) is 1. The van der Waals surface area contributed by atoms with Crippen molar-refractivity contribution >= 4 is 23.2 Å². The van der Waals surface area contributed by atoms with E-state index in [0.717, 1.165) is 23.3 Å². The average molecular weight is 480 g/mol. The summed E-state index contributed by atoms with van der Waals surface area (Å²) in [5, 5.41) is 12.4. The molecule has 0 spiro atoms. The van der Waals surface area contributed by atoms with E-state index in [1.807, 2.05) is 19.1 Å². The molecule has 9 nitrogen and oxygen atoms in total. The van der Waals surface area contributed by atoms with Crippen LogP contribution in [-0.4, -0.2) is 41.7 Å². The summed E-state index contributed by atoms with van der Waals surface area (Å²) in [6, 6.07) is 13.8. The second kappa shape index (κ2) is 10.8. The van der Waals surface area contributed by atoms with Gasteiger partial charge in [-0.3, -0.25) is 9.59 Å². The number of carbonyl (C=O) groups excluding carboxylic acids is 2. The molecule has 2 amide bonds. The van der Waals surface area contributed by atoms with E-state index in [-0.39, 0.29) is 24.1 Å². The Morgan fingerprint density at radius 3 is 2.66 bits per heavy atom. The number of hydrogen-bond acceptors (Lipinski definition) is 7. The summed E-state index contributed by atoms with van der Waals surface area (Å²) in [4.78, 5) is 24.9. The fourth-order valence-corrected chi connectivity index (χ4v) is 3.83. The molecule has 10 heteroatoms. The predicted molar refractivity (Wildman–Crippen MR) is 126 cm³/mol. The SMILES string of the molecule is CCC1CC(=O)N(Cc2ccc(NC(=O)c3ccno3)cc2)N=C1c1ccc(OCF)c(OC)c1. The number of halogens is 1. The van der Waals surface area contributed by atoms with Crippen LogP contribution in [-0.2, 0) is 11.3 Å². The van der Waals surface area contributed by atoms with Crippen molar-refractivity contribution in [2.45, 2.75) is 26.3 Å². The molecule has 0 saturated heterocycles. The summed E-state index contributed by atoms with van der Waals surface area (Å²) in [6.45, 7) is 1.32. The monoisotopic (exact) mass is 480 g/mol. The molecule has 0 fully saturated rings. The smallest absolute Gasteiger partial charge is 0.294 e. The molecular weight excluding hydrogens is 455 g/mol. The Labute approximate surface area is 201 Å². The molecule has 1 N–H and O–H groups in total. The van der Waals surface area contributed by atoms with E-state index in [1.54, 1.807) is 30.3 Å². The van der Waals surface area contributed by atoms with Crippen LogP contribution < -0.4 is 14.8 Å². The third-order valence-corrected chi connectivity index (χ3v) is 5.69. The highest BCUT2D eigenvalue weighted by atomic mass is 19.1. The van der Waals surface area contributed by atoms with Crippen LogP contribution in [0.4, 0.5) is 10.1 Å². The highest BCUT2D eigenvalue weighted by Gasteiger charge is 2.29. The summed E-state index contributed by atoms with van der Waals surface area (Å²) in [5.74, 6) is 0.273. The van der Waals surface area contributed by atoms with E-state index >= 15 is 0 Å². The summed E-state index contributed by atoms with van der Waals surface area (Å²) in [7, 11) is 1.48. The number of rotatable bonds is 9. The summed E-state index contributed by atoms with van der Waals surface area (Å²) in [6.07, 6.45) is 2.46. The minimum absolute atomic E-state index is 0.0509. The van der Waals surface area contributed by atoms with Gasteiger partial charge in [-0.05, 0) is 42.3 Å². The molecule has 1 aliphatic heterocycles. The molecule has 0 radical (unpaired) electrons. The number of benzene rings is 2. The van der Waals surface area contributed by atoms with E-state index < -0.39 is 12.8 Å². The van der Waals surface area contributed by atoms with Gasteiger partial charge in [0.25, 0.3) is 5.91 Å². The number of aromatic nitrogens is 1. The van der Waals surface area contributed by atoms with Crippen molar-refractivity contribution in [3.05, 3.63) is 71.6 Å². The van der Waals surface area contributed by atoms with E-state index in [1.165, 1.54) is 24.4 Å². The number of hydrazone groups is 1. The van der Waals surface area contributed by atoms with Crippen molar-refractivity contribution < 1.29 is 28.0 Å². The van der Waals surface area contributed by atoms with Crippen LogP contribution >= 0.6 is 0 Å². The van der Waals surface area contributed by atoms with Crippen LogP contribution in [0.15, 0.2) is 64.4 Å². The lowest BCUT2D eigenvalue weighted by Crippen LogP contribution is -2.36. The standard InChI is InChI=1S/C25H25FN4O5/c1-3-17-13-23(31)30(29-24(17)18-6-9-20(34-15-26)22(12-18)33-2)14-16-4-7-19(8-5-16)28-25(32)21-10-11-27-35-21/h4-12,17H,3,13-15H2,1-2H3,(H,28,32). The highest BCUT2D eigenvalue weighted by molar-refractivity contribution is 6.06. The molecule has 182 valence electrons. The maximum atomic E-state index is 12.8. The third-order valence-electron chi connectivity index (χ3n) is 5.69. The molecular formula is C25H25FN4O5. The van der Waals surface area contributed by atoms with Gasteiger partial charge in [-0.25, -0.2) is 9.40 Å². The molecule has 0 bridgehead atoms. The maximum Gasteiger partial charge on any atom is 0.294 e. The molecule has 4 rings (SSSR count). The van der Waals surface area contributed by atoms with Crippen LogP contribution in [0.1, 0.15) is 41.4 Å². The predicted octanol–water partition coefficient (Wildman–Crippen LogP) is 4.40. The number of anilines is 1. The Hall–Kier alpha value is -4.21. The van der Waals surface area contributed by atoms with Gasteiger partial charge in [0, 0.05) is 29.7 Å². The maximum absolute atomic E-state index is 12.8. The van der Waals surface area contributed by atoms with Crippen molar-refractivity contribution in [3.63, 3.8) is 0 Å². The van der Waals surface area contributed by atoms with Crippen LogP contribution in [0.2, 0.25) is 0 Å². The minimum atomic E-state index is -0.959. The van der Waals surface area contributed by atoms with Crippen LogP contribution in [0.3, 0.4) is 0 Å². The Kier molecular flexibility index (Phi) is 7.39. The zero-order chi connectivity index (χ0) is 24.8. The van der Waals surface area contributed by atoms with Gasteiger partial charge in [0.2, 0.25) is 18.5 Å². The summed E-state index contributed by atoms with van der Waals surface area (Å²) < 4.78 is 27.8. The van der Waals surface area contributed by atoms with E-state index in [4.69, 9.17) is 14.0 Å². The molecule has 1 aliphatic rings. The zero-order valence-electron chi connectivity index (χ0n) is 19.4. The lowest BCUT2D eigenvalue weighted by atomic mass is 9.89. The second-order valence-electron chi connectivity index (χ2n) is 7.89. The first-order chi connectivity index (χ1) is 17.0. The van der Waals surface area contributed by atoms with Gasteiger partial charge in [0.1, 0.15) is 0 Å². The Morgan fingerprint density at radius 2 is 2.00 bits per heavy atom. The van der Waals surface area contributed by atoms with Gasteiger partial charge < -0.3 is 19.3 Å². The number of alkyl halides is 1. The van der Waals surface area contributed by atoms with Gasteiger partial charge in [-0.15, -0.1) is 0 Å². The first kappa shape index (κ1) is 23.9. The normalized spacial score (nSPS) is 15.5. The van der Waals surface area contributed by atoms with Crippen molar-refractivity contribution in [3.8, 4) is 11.5 Å². The Balaban J connectivity index is 1.52. The lowest BCUT2D eigenvalue weighted by molar-refractivity contribution is -0.133.